The van der Waals surface area contributed by atoms with Crippen molar-refractivity contribution in [2.75, 3.05) is 5.73 Å². The van der Waals surface area contributed by atoms with Gasteiger partial charge in [-0.3, -0.25) is 14.9 Å². The first-order valence-corrected chi connectivity index (χ1v) is 4.81. The molecule has 2 rings (SSSR count). The van der Waals surface area contributed by atoms with Crippen LogP contribution in [0.5, 0.6) is 0 Å². The first kappa shape index (κ1) is 10.9. The van der Waals surface area contributed by atoms with Crippen LogP contribution in [0.25, 0.3) is 11.1 Å². The zero-order valence-electron chi connectivity index (χ0n) is 8.71. The maximum atomic E-state index is 10.9. The molecule has 17 heavy (non-hydrogen) atoms. The molecule has 1 aromatic heterocycles. The van der Waals surface area contributed by atoms with Gasteiger partial charge in [0.15, 0.2) is 0 Å². The Morgan fingerprint density at radius 2 is 1.88 bits per heavy atom. The molecule has 1 heterocycles. The third kappa shape index (κ3) is 2.15. The van der Waals surface area contributed by atoms with Crippen LogP contribution in [0.2, 0.25) is 0 Å². The van der Waals surface area contributed by atoms with Gasteiger partial charge in [-0.1, -0.05) is 6.07 Å². The Hall–Kier alpha value is -2.63. The Morgan fingerprint density at radius 1 is 1.18 bits per heavy atom. The number of pyridine rings is 1. The lowest BCUT2D eigenvalue weighted by Gasteiger charge is -2.02. The normalized spacial score (nSPS) is 10.1. The van der Waals surface area contributed by atoms with E-state index in [1.54, 1.807) is 12.1 Å². The summed E-state index contributed by atoms with van der Waals surface area (Å²) in [5, 5.41) is 10.7. The van der Waals surface area contributed by atoms with Gasteiger partial charge in [-0.05, 0) is 23.3 Å². The lowest BCUT2D eigenvalue weighted by atomic mass is 10.1. The van der Waals surface area contributed by atoms with Gasteiger partial charge in [-0.2, -0.15) is 0 Å². The lowest BCUT2D eigenvalue weighted by Crippen LogP contribution is -2.01. The van der Waals surface area contributed by atoms with Gasteiger partial charge in [0.1, 0.15) is 5.69 Å². The summed E-state index contributed by atoms with van der Waals surface area (Å²) in [5.41, 5.74) is 6.55. The highest BCUT2D eigenvalue weighted by atomic mass is 16.6. The predicted molar refractivity (Wildman–Crippen MR) is 63.6 cm³/mol. The van der Waals surface area contributed by atoms with Crippen LogP contribution in [0.1, 0.15) is 0 Å². The second-order valence-corrected chi connectivity index (χ2v) is 3.47. The molecular weight excluding hydrogens is 222 g/mol. The Bertz CT molecular complexity index is 614. The van der Waals surface area contributed by atoms with Crippen LogP contribution in [0, 0.1) is 10.1 Å². The summed E-state index contributed by atoms with van der Waals surface area (Å²) in [6.45, 7) is 0. The topological polar surface area (TPSA) is 102 Å². The number of H-pyrrole nitrogens is 1. The van der Waals surface area contributed by atoms with Crippen LogP contribution >= 0.6 is 0 Å². The van der Waals surface area contributed by atoms with Crippen LogP contribution in [-0.2, 0) is 0 Å². The van der Waals surface area contributed by atoms with Gasteiger partial charge in [0.05, 0.1) is 4.92 Å². The monoisotopic (exact) mass is 231 g/mol. The third-order valence-corrected chi connectivity index (χ3v) is 2.34. The quantitative estimate of drug-likeness (QED) is 0.464. The number of nitro benzene ring substituents is 1. The number of aromatic amines is 1. The van der Waals surface area contributed by atoms with E-state index in [0.29, 0.717) is 11.1 Å². The number of nitrogen functional groups attached to an aromatic ring is 1. The van der Waals surface area contributed by atoms with Crippen molar-refractivity contribution in [1.29, 1.82) is 0 Å². The second kappa shape index (κ2) is 4.09. The molecule has 0 unspecified atom stereocenters. The number of rotatable bonds is 2. The van der Waals surface area contributed by atoms with Crippen LogP contribution in [0.3, 0.4) is 0 Å². The Kier molecular flexibility index (Phi) is 2.61. The lowest BCUT2D eigenvalue weighted by molar-refractivity contribution is -0.383. The molecule has 6 heteroatoms. The van der Waals surface area contributed by atoms with Crippen molar-refractivity contribution >= 4 is 11.4 Å². The summed E-state index contributed by atoms with van der Waals surface area (Å²) < 4.78 is 0. The predicted octanol–water partition coefficient (Wildman–Crippen LogP) is 1.53. The van der Waals surface area contributed by atoms with Crippen molar-refractivity contribution in [3.8, 4) is 11.1 Å². The molecule has 0 saturated carbocycles. The van der Waals surface area contributed by atoms with Crippen molar-refractivity contribution in [3.05, 3.63) is 57.0 Å². The van der Waals surface area contributed by atoms with Gasteiger partial charge in [0.25, 0.3) is 5.69 Å². The standard InChI is InChI=1S/C11H9N3O3/c12-9-3-1-7(5-10(9)14(16)17)8-2-4-11(15)13-6-8/h1-6H,12H2,(H,13,15). The van der Waals surface area contributed by atoms with E-state index >= 15 is 0 Å². The van der Waals surface area contributed by atoms with Crippen LogP contribution in [0.4, 0.5) is 11.4 Å². The summed E-state index contributed by atoms with van der Waals surface area (Å²) >= 11 is 0. The molecule has 0 fully saturated rings. The zero-order chi connectivity index (χ0) is 12.4. The molecule has 2 aromatic rings. The average Bonchev–Trinajstić information content (AvgIpc) is 2.30. The second-order valence-electron chi connectivity index (χ2n) is 3.47. The Labute approximate surface area is 95.9 Å². The van der Waals surface area contributed by atoms with E-state index in [9.17, 15) is 14.9 Å². The number of nitro groups is 1. The molecule has 0 amide bonds. The molecule has 0 aliphatic rings. The Balaban J connectivity index is 2.53. The van der Waals surface area contributed by atoms with Gasteiger partial charge in [0.2, 0.25) is 5.56 Å². The van der Waals surface area contributed by atoms with Crippen molar-refractivity contribution in [3.63, 3.8) is 0 Å². The minimum absolute atomic E-state index is 0.114. The number of hydrogen-bond donors (Lipinski definition) is 2. The number of benzene rings is 1. The average molecular weight is 231 g/mol. The molecule has 0 saturated heterocycles. The summed E-state index contributed by atoms with van der Waals surface area (Å²) in [5.74, 6) is 0. The van der Waals surface area contributed by atoms with Crippen LogP contribution in [0.15, 0.2) is 41.3 Å². The van der Waals surface area contributed by atoms with Gasteiger partial charge in [0, 0.05) is 18.3 Å². The van der Waals surface area contributed by atoms with E-state index in [4.69, 9.17) is 5.73 Å². The van der Waals surface area contributed by atoms with Crippen LogP contribution < -0.4 is 11.3 Å². The molecule has 86 valence electrons. The van der Waals surface area contributed by atoms with E-state index in [2.05, 4.69) is 4.98 Å². The number of hydrogen-bond acceptors (Lipinski definition) is 4. The van der Waals surface area contributed by atoms with Crippen molar-refractivity contribution in [2.24, 2.45) is 0 Å². The number of nitrogens with two attached hydrogens (primary N) is 1. The highest BCUT2D eigenvalue weighted by Gasteiger charge is 2.12. The smallest absolute Gasteiger partial charge is 0.292 e. The van der Waals surface area contributed by atoms with E-state index in [-0.39, 0.29) is 16.9 Å². The molecule has 1 aromatic carbocycles. The fourth-order valence-electron chi connectivity index (χ4n) is 1.47. The summed E-state index contributed by atoms with van der Waals surface area (Å²) in [4.78, 5) is 23.6. The van der Waals surface area contributed by atoms with E-state index in [1.165, 1.54) is 24.4 Å². The zero-order valence-corrected chi connectivity index (χ0v) is 8.71. The van der Waals surface area contributed by atoms with E-state index < -0.39 is 4.92 Å². The minimum atomic E-state index is -0.537. The largest absolute Gasteiger partial charge is 0.393 e. The molecule has 0 radical (unpaired) electrons. The van der Waals surface area contributed by atoms with Gasteiger partial charge in [-0.25, -0.2) is 0 Å². The fraction of sp³-hybridized carbons (Fsp3) is 0. The molecular formula is C11H9N3O3. The molecule has 0 aliphatic heterocycles. The maximum Gasteiger partial charge on any atom is 0.292 e. The summed E-state index contributed by atoms with van der Waals surface area (Å²) in [6.07, 6.45) is 1.50. The van der Waals surface area contributed by atoms with Crippen molar-refractivity contribution in [2.45, 2.75) is 0 Å². The number of aromatic nitrogens is 1. The number of nitrogens with one attached hydrogen (secondary N) is 1. The van der Waals surface area contributed by atoms with Crippen molar-refractivity contribution in [1.82, 2.24) is 4.98 Å². The first-order valence-electron chi connectivity index (χ1n) is 4.81. The fourth-order valence-corrected chi connectivity index (χ4v) is 1.47. The van der Waals surface area contributed by atoms with Crippen molar-refractivity contribution < 1.29 is 4.92 Å². The SMILES string of the molecule is Nc1ccc(-c2ccc(=O)[nH]c2)cc1[N+](=O)[O-]. The van der Waals surface area contributed by atoms with Gasteiger partial charge in [-0.15, -0.1) is 0 Å². The molecule has 0 spiro atoms. The molecule has 3 N–H and O–H groups in total. The highest BCUT2D eigenvalue weighted by molar-refractivity contribution is 5.71. The molecule has 0 aliphatic carbocycles. The van der Waals surface area contributed by atoms with E-state index in [0.717, 1.165) is 0 Å². The summed E-state index contributed by atoms with van der Waals surface area (Å²) in [6, 6.07) is 7.46. The molecule has 0 atom stereocenters. The maximum absolute atomic E-state index is 10.9. The Morgan fingerprint density at radius 3 is 2.47 bits per heavy atom. The number of anilines is 1. The van der Waals surface area contributed by atoms with Gasteiger partial charge < -0.3 is 10.7 Å². The van der Waals surface area contributed by atoms with Crippen LogP contribution in [-0.4, -0.2) is 9.91 Å². The first-order chi connectivity index (χ1) is 8.08. The summed E-state index contributed by atoms with van der Waals surface area (Å²) in [7, 11) is 0. The molecule has 6 nitrogen and oxygen atoms in total. The number of nitrogens with zero attached hydrogens (tertiary/aromatic N) is 1. The van der Waals surface area contributed by atoms with Gasteiger partial charge >= 0.3 is 0 Å². The minimum Gasteiger partial charge on any atom is -0.393 e. The third-order valence-electron chi connectivity index (χ3n) is 2.34. The molecule has 0 bridgehead atoms. The highest BCUT2D eigenvalue weighted by Crippen LogP contribution is 2.27. The van der Waals surface area contributed by atoms with E-state index in [1.807, 2.05) is 0 Å².